The summed E-state index contributed by atoms with van der Waals surface area (Å²) in [7, 11) is 0. The number of rotatable bonds is 3. The minimum Gasteiger partial charge on any atom is -0.399 e. The monoisotopic (exact) mass is 233 g/mol. The smallest absolute Gasteiger partial charge is 0.123 e. The molecule has 0 spiro atoms. The normalized spacial score (nSPS) is 10.3. The molecule has 2 N–H and O–H groups in total. The number of hydrogen-bond acceptors (Lipinski definition) is 2. The molecule has 0 fully saturated rings. The number of benzene rings is 2. The minimum absolute atomic E-state index is 0.197. The quantitative estimate of drug-likeness (QED) is 0.646. The molecule has 2 aromatic carbocycles. The van der Waals surface area contributed by atoms with Crippen LogP contribution in [0.5, 0.6) is 0 Å². The number of anilines is 1. The van der Waals surface area contributed by atoms with Gasteiger partial charge in [0, 0.05) is 16.3 Å². The molecule has 82 valence electrons. The van der Waals surface area contributed by atoms with Crippen LogP contribution in [0.2, 0.25) is 0 Å². The van der Waals surface area contributed by atoms with Gasteiger partial charge in [0.1, 0.15) is 5.82 Å². The first-order valence-corrected chi connectivity index (χ1v) is 5.95. The number of hydrogen-bond donors (Lipinski definition) is 1. The van der Waals surface area contributed by atoms with E-state index >= 15 is 0 Å². The van der Waals surface area contributed by atoms with E-state index in [1.54, 1.807) is 23.9 Å². The molecular formula is C13H12FNS. The van der Waals surface area contributed by atoms with Crippen molar-refractivity contribution in [2.45, 2.75) is 10.6 Å². The van der Waals surface area contributed by atoms with E-state index in [0.717, 1.165) is 16.3 Å². The molecule has 1 nitrogen and oxygen atoms in total. The summed E-state index contributed by atoms with van der Waals surface area (Å²) in [6, 6.07) is 14.3. The number of nitrogen functional groups attached to an aromatic ring is 1. The van der Waals surface area contributed by atoms with E-state index in [0.29, 0.717) is 0 Å². The molecule has 0 aliphatic heterocycles. The number of halogens is 1. The molecule has 3 heteroatoms. The van der Waals surface area contributed by atoms with Crippen LogP contribution in [0, 0.1) is 5.82 Å². The third kappa shape index (κ3) is 3.00. The first-order chi connectivity index (χ1) is 7.74. The summed E-state index contributed by atoms with van der Waals surface area (Å²) < 4.78 is 12.7. The zero-order valence-corrected chi connectivity index (χ0v) is 9.51. The van der Waals surface area contributed by atoms with E-state index in [-0.39, 0.29) is 5.82 Å². The lowest BCUT2D eigenvalue weighted by Crippen LogP contribution is -1.85. The van der Waals surface area contributed by atoms with Gasteiger partial charge in [0.15, 0.2) is 0 Å². The van der Waals surface area contributed by atoms with Crippen LogP contribution in [-0.2, 0) is 5.75 Å². The fraction of sp³-hybridized carbons (Fsp3) is 0.0769. The molecule has 0 aromatic heterocycles. The first-order valence-electron chi connectivity index (χ1n) is 4.97. The molecule has 0 amide bonds. The lowest BCUT2D eigenvalue weighted by atomic mass is 10.2. The van der Waals surface area contributed by atoms with Crippen molar-refractivity contribution < 1.29 is 4.39 Å². The predicted octanol–water partition coefficient (Wildman–Crippen LogP) is 3.70. The van der Waals surface area contributed by atoms with E-state index in [2.05, 4.69) is 0 Å². The molecule has 0 saturated heterocycles. The van der Waals surface area contributed by atoms with Crippen LogP contribution in [0.15, 0.2) is 53.4 Å². The largest absolute Gasteiger partial charge is 0.399 e. The topological polar surface area (TPSA) is 26.0 Å². The molecular weight excluding hydrogens is 221 g/mol. The van der Waals surface area contributed by atoms with Gasteiger partial charge in [-0.2, -0.15) is 0 Å². The maximum Gasteiger partial charge on any atom is 0.123 e. The predicted molar refractivity (Wildman–Crippen MR) is 66.8 cm³/mol. The van der Waals surface area contributed by atoms with Gasteiger partial charge >= 0.3 is 0 Å². The second-order valence-corrected chi connectivity index (χ2v) is 4.53. The zero-order valence-electron chi connectivity index (χ0n) is 8.69. The average molecular weight is 233 g/mol. The SMILES string of the molecule is Nc1ccc(CSc2ccc(F)cc2)cc1. The van der Waals surface area contributed by atoms with Gasteiger partial charge in [0.25, 0.3) is 0 Å². The maximum absolute atomic E-state index is 12.7. The Morgan fingerprint density at radius 3 is 2.19 bits per heavy atom. The second kappa shape index (κ2) is 5.03. The van der Waals surface area contributed by atoms with Crippen LogP contribution in [0.25, 0.3) is 0 Å². The summed E-state index contributed by atoms with van der Waals surface area (Å²) >= 11 is 1.68. The third-order valence-electron chi connectivity index (χ3n) is 2.20. The Balaban J connectivity index is 1.97. The van der Waals surface area contributed by atoms with Crippen molar-refractivity contribution in [3.05, 3.63) is 59.9 Å². The number of nitrogens with two attached hydrogens (primary N) is 1. The van der Waals surface area contributed by atoms with Crippen LogP contribution in [0.4, 0.5) is 10.1 Å². The van der Waals surface area contributed by atoms with E-state index in [1.165, 1.54) is 17.7 Å². The second-order valence-electron chi connectivity index (χ2n) is 3.48. The van der Waals surface area contributed by atoms with Gasteiger partial charge in [-0.1, -0.05) is 12.1 Å². The van der Waals surface area contributed by atoms with Gasteiger partial charge in [-0.05, 0) is 42.0 Å². The fourth-order valence-electron chi connectivity index (χ4n) is 1.31. The molecule has 2 rings (SSSR count). The highest BCUT2D eigenvalue weighted by Crippen LogP contribution is 2.23. The Labute approximate surface area is 98.5 Å². The summed E-state index contributed by atoms with van der Waals surface area (Å²) in [6.45, 7) is 0. The summed E-state index contributed by atoms with van der Waals surface area (Å²) in [5.74, 6) is 0.670. The van der Waals surface area contributed by atoms with Crippen LogP contribution < -0.4 is 5.73 Å². The Morgan fingerprint density at radius 2 is 1.56 bits per heavy atom. The minimum atomic E-state index is -0.197. The Bertz CT molecular complexity index is 405. The van der Waals surface area contributed by atoms with Crippen molar-refractivity contribution in [1.29, 1.82) is 0 Å². The summed E-state index contributed by atoms with van der Waals surface area (Å²) in [6.07, 6.45) is 0. The molecule has 0 aliphatic rings. The Kier molecular flexibility index (Phi) is 3.47. The standard InChI is InChI=1S/C13H12FNS/c14-11-3-7-13(8-4-11)16-9-10-1-5-12(15)6-2-10/h1-8H,9,15H2. The highest BCUT2D eigenvalue weighted by molar-refractivity contribution is 7.98. The van der Waals surface area contributed by atoms with Crippen molar-refractivity contribution in [3.63, 3.8) is 0 Å². The van der Waals surface area contributed by atoms with Gasteiger partial charge < -0.3 is 5.73 Å². The molecule has 0 bridgehead atoms. The lowest BCUT2D eigenvalue weighted by Gasteiger charge is -2.02. The van der Waals surface area contributed by atoms with Gasteiger partial charge in [0.05, 0.1) is 0 Å². The maximum atomic E-state index is 12.7. The van der Waals surface area contributed by atoms with Crippen molar-refractivity contribution in [2.75, 3.05) is 5.73 Å². The van der Waals surface area contributed by atoms with Crippen molar-refractivity contribution >= 4 is 17.4 Å². The zero-order chi connectivity index (χ0) is 11.4. The molecule has 0 aliphatic carbocycles. The van der Waals surface area contributed by atoms with Gasteiger partial charge in [-0.3, -0.25) is 0 Å². The summed E-state index contributed by atoms with van der Waals surface area (Å²) in [5.41, 5.74) is 7.59. The van der Waals surface area contributed by atoms with Crippen LogP contribution in [0.3, 0.4) is 0 Å². The first kappa shape index (κ1) is 11.0. The van der Waals surface area contributed by atoms with Crippen LogP contribution in [-0.4, -0.2) is 0 Å². The number of thioether (sulfide) groups is 1. The molecule has 2 aromatic rings. The Morgan fingerprint density at radius 1 is 0.938 bits per heavy atom. The summed E-state index contributed by atoms with van der Waals surface area (Å²) in [5, 5.41) is 0. The molecule has 0 heterocycles. The van der Waals surface area contributed by atoms with E-state index in [4.69, 9.17) is 5.73 Å². The average Bonchev–Trinajstić information content (AvgIpc) is 2.30. The molecule has 16 heavy (non-hydrogen) atoms. The van der Waals surface area contributed by atoms with Gasteiger partial charge in [-0.25, -0.2) is 4.39 Å². The van der Waals surface area contributed by atoms with E-state index in [9.17, 15) is 4.39 Å². The van der Waals surface area contributed by atoms with E-state index in [1.807, 2.05) is 24.3 Å². The molecule has 0 radical (unpaired) electrons. The van der Waals surface area contributed by atoms with Gasteiger partial charge in [0.2, 0.25) is 0 Å². The Hall–Kier alpha value is -1.48. The molecule has 0 saturated carbocycles. The molecule has 0 atom stereocenters. The summed E-state index contributed by atoms with van der Waals surface area (Å²) in [4.78, 5) is 1.07. The van der Waals surface area contributed by atoms with Gasteiger partial charge in [-0.15, -0.1) is 11.8 Å². The van der Waals surface area contributed by atoms with Crippen molar-refractivity contribution in [3.8, 4) is 0 Å². The van der Waals surface area contributed by atoms with Crippen molar-refractivity contribution in [1.82, 2.24) is 0 Å². The molecule has 0 unspecified atom stereocenters. The van der Waals surface area contributed by atoms with E-state index < -0.39 is 0 Å². The van der Waals surface area contributed by atoms with Crippen LogP contribution >= 0.6 is 11.8 Å². The fourth-order valence-corrected chi connectivity index (χ4v) is 2.17. The lowest BCUT2D eigenvalue weighted by molar-refractivity contribution is 0.626. The van der Waals surface area contributed by atoms with Crippen LogP contribution in [0.1, 0.15) is 5.56 Å². The highest BCUT2D eigenvalue weighted by Gasteiger charge is 1.97. The third-order valence-corrected chi connectivity index (χ3v) is 3.28. The van der Waals surface area contributed by atoms with Crippen molar-refractivity contribution in [2.24, 2.45) is 0 Å². The highest BCUT2D eigenvalue weighted by atomic mass is 32.2.